The van der Waals surface area contributed by atoms with Crippen LogP contribution in [0.3, 0.4) is 0 Å². The number of rotatable bonds is 11. The van der Waals surface area contributed by atoms with Crippen LogP contribution in [0.5, 0.6) is 0 Å². The van der Waals surface area contributed by atoms with Gasteiger partial charge in [-0.3, -0.25) is 13.9 Å². The molecule has 41 heavy (non-hydrogen) atoms. The minimum absolute atomic E-state index is 0.0546. The van der Waals surface area contributed by atoms with Crippen molar-refractivity contribution in [2.45, 2.75) is 69.5 Å². The van der Waals surface area contributed by atoms with Crippen molar-refractivity contribution in [2.75, 3.05) is 10.8 Å². The van der Waals surface area contributed by atoms with Crippen molar-refractivity contribution in [3.8, 4) is 0 Å². The molecule has 7 nitrogen and oxygen atoms in total. The lowest BCUT2D eigenvalue weighted by molar-refractivity contribution is -0.140. The second-order valence-electron chi connectivity index (χ2n) is 10.2. The van der Waals surface area contributed by atoms with Gasteiger partial charge in [0, 0.05) is 28.2 Å². The monoisotopic (exact) mass is 615 g/mol. The summed E-state index contributed by atoms with van der Waals surface area (Å²) in [6, 6.07) is 19.2. The number of hydrogen-bond acceptors (Lipinski definition) is 4. The maximum atomic E-state index is 14.2. The number of nitrogens with zero attached hydrogens (tertiary/aromatic N) is 2. The van der Waals surface area contributed by atoms with Gasteiger partial charge >= 0.3 is 0 Å². The Kier molecular flexibility index (Phi) is 10.3. The summed E-state index contributed by atoms with van der Waals surface area (Å²) >= 11 is 13.0. The number of anilines is 1. The Hall–Kier alpha value is -3.07. The normalized spacial score (nSPS) is 14.4. The number of benzene rings is 3. The zero-order valence-corrected chi connectivity index (χ0v) is 25.6. The van der Waals surface area contributed by atoms with E-state index in [2.05, 4.69) is 5.32 Å². The molecule has 3 aromatic carbocycles. The van der Waals surface area contributed by atoms with Crippen LogP contribution in [0.15, 0.2) is 77.7 Å². The van der Waals surface area contributed by atoms with Gasteiger partial charge in [0.15, 0.2) is 0 Å². The van der Waals surface area contributed by atoms with Crippen molar-refractivity contribution in [1.29, 1.82) is 0 Å². The van der Waals surface area contributed by atoms with Crippen LogP contribution < -0.4 is 9.62 Å². The largest absolute Gasteiger partial charge is 0.352 e. The number of nitrogens with one attached hydrogen (secondary N) is 1. The number of carbonyl (C=O) groups is 2. The van der Waals surface area contributed by atoms with E-state index in [9.17, 15) is 18.0 Å². The molecule has 1 aliphatic carbocycles. The molecule has 0 spiro atoms. The van der Waals surface area contributed by atoms with E-state index in [1.165, 1.54) is 17.0 Å². The molecule has 0 bridgehead atoms. The number of sulfonamides is 1. The number of halogens is 2. The van der Waals surface area contributed by atoms with Crippen molar-refractivity contribution in [3.05, 3.63) is 94.0 Å². The Morgan fingerprint density at radius 1 is 0.927 bits per heavy atom. The van der Waals surface area contributed by atoms with Crippen molar-refractivity contribution in [2.24, 2.45) is 0 Å². The minimum Gasteiger partial charge on any atom is -0.352 e. The molecule has 1 aliphatic rings. The first-order valence-electron chi connectivity index (χ1n) is 13.8. The minimum atomic E-state index is -4.13. The summed E-state index contributed by atoms with van der Waals surface area (Å²) in [5, 5.41) is 3.81. The lowest BCUT2D eigenvalue weighted by atomic mass is 10.1. The molecule has 1 atom stereocenters. The van der Waals surface area contributed by atoms with Gasteiger partial charge in [-0.15, -0.1) is 0 Å². The maximum Gasteiger partial charge on any atom is 0.264 e. The molecule has 2 amide bonds. The number of para-hydroxylation sites is 1. The number of hydrogen-bond donors (Lipinski definition) is 1. The van der Waals surface area contributed by atoms with E-state index in [0.717, 1.165) is 30.0 Å². The summed E-state index contributed by atoms with van der Waals surface area (Å²) in [4.78, 5) is 29.3. The zero-order valence-electron chi connectivity index (χ0n) is 23.2. The fourth-order valence-corrected chi connectivity index (χ4v) is 7.23. The highest BCUT2D eigenvalue weighted by molar-refractivity contribution is 7.92. The number of aryl methyl sites for hydroxylation is 1. The third-order valence-electron chi connectivity index (χ3n) is 7.47. The van der Waals surface area contributed by atoms with Crippen molar-refractivity contribution in [1.82, 2.24) is 10.2 Å². The van der Waals surface area contributed by atoms with E-state index in [1.54, 1.807) is 67.6 Å². The van der Waals surface area contributed by atoms with Crippen molar-refractivity contribution in [3.63, 3.8) is 0 Å². The summed E-state index contributed by atoms with van der Waals surface area (Å²) < 4.78 is 29.0. The Morgan fingerprint density at radius 3 is 2.15 bits per heavy atom. The summed E-state index contributed by atoms with van der Waals surface area (Å²) in [5.41, 5.74) is 1.56. The number of amides is 2. The molecule has 218 valence electrons. The van der Waals surface area contributed by atoms with Gasteiger partial charge in [-0.05, 0) is 62.1 Å². The Balaban J connectivity index is 1.75. The van der Waals surface area contributed by atoms with E-state index in [-0.39, 0.29) is 23.4 Å². The van der Waals surface area contributed by atoms with Crippen LogP contribution in [0.4, 0.5) is 5.69 Å². The number of carbonyl (C=O) groups excluding carboxylic acids is 2. The maximum absolute atomic E-state index is 14.2. The lowest BCUT2D eigenvalue weighted by Crippen LogP contribution is -2.53. The summed E-state index contributed by atoms with van der Waals surface area (Å²) in [6.07, 6.45) is 4.19. The fraction of sp³-hybridized carbons (Fsp3) is 0.355. The molecule has 0 saturated heterocycles. The quantitative estimate of drug-likeness (QED) is 0.272. The molecule has 0 radical (unpaired) electrons. The molecule has 3 aromatic rings. The van der Waals surface area contributed by atoms with Gasteiger partial charge in [0.25, 0.3) is 10.0 Å². The first kappa shape index (κ1) is 30.9. The standard InChI is InChI=1S/C31H35Cl2N3O4S/c1-3-28(31(38)34-23-13-8-9-14-23)35(20-25-26(32)17-11-18-27(25)33)30(37)21-36(29-19-10-7-12-22(29)2)41(39,40)24-15-5-4-6-16-24/h4-7,10-12,15-19,23,28H,3,8-9,13-14,20-21H2,1-2H3,(H,34,38). The van der Waals surface area contributed by atoms with Crippen LogP contribution in [0, 0.1) is 6.92 Å². The zero-order chi connectivity index (χ0) is 29.6. The molecule has 1 saturated carbocycles. The van der Waals surface area contributed by atoms with Crippen molar-refractivity contribution < 1.29 is 18.0 Å². The smallest absolute Gasteiger partial charge is 0.264 e. The predicted molar refractivity (Wildman–Crippen MR) is 164 cm³/mol. The highest BCUT2D eigenvalue weighted by Crippen LogP contribution is 2.30. The SMILES string of the molecule is CCC(C(=O)NC1CCCC1)N(Cc1c(Cl)cccc1Cl)C(=O)CN(c1ccccc1C)S(=O)(=O)c1ccccc1. The second-order valence-corrected chi connectivity index (χ2v) is 12.9. The third-order valence-corrected chi connectivity index (χ3v) is 9.95. The van der Waals surface area contributed by atoms with Gasteiger partial charge in [0.05, 0.1) is 10.6 Å². The van der Waals surface area contributed by atoms with E-state index in [1.807, 2.05) is 6.92 Å². The van der Waals surface area contributed by atoms with Crippen LogP contribution in [0.25, 0.3) is 0 Å². The molecule has 1 N–H and O–H groups in total. The van der Waals surface area contributed by atoms with Crippen molar-refractivity contribution >= 4 is 50.7 Å². The van der Waals surface area contributed by atoms with E-state index in [4.69, 9.17) is 23.2 Å². The van der Waals surface area contributed by atoms with Crippen LogP contribution in [0.2, 0.25) is 10.0 Å². The molecule has 0 aliphatic heterocycles. The van der Waals surface area contributed by atoms with Gasteiger partial charge in [0.1, 0.15) is 12.6 Å². The topological polar surface area (TPSA) is 86.8 Å². The molecule has 4 rings (SSSR count). The highest BCUT2D eigenvalue weighted by Gasteiger charge is 2.35. The van der Waals surface area contributed by atoms with Crippen LogP contribution in [0.1, 0.15) is 50.2 Å². The fourth-order valence-electron chi connectivity index (χ4n) is 5.22. The first-order valence-corrected chi connectivity index (χ1v) is 16.0. The Bertz CT molecular complexity index is 1460. The molecular weight excluding hydrogens is 581 g/mol. The average molecular weight is 617 g/mol. The van der Waals surface area contributed by atoms with Gasteiger partial charge in [-0.1, -0.05) is 85.4 Å². The van der Waals surface area contributed by atoms with Gasteiger partial charge < -0.3 is 10.2 Å². The molecule has 1 unspecified atom stereocenters. The predicted octanol–water partition coefficient (Wildman–Crippen LogP) is 6.36. The molecular formula is C31H35Cl2N3O4S. The van der Waals surface area contributed by atoms with Crippen LogP contribution in [-0.2, 0) is 26.2 Å². The van der Waals surface area contributed by atoms with Crippen LogP contribution >= 0.6 is 23.2 Å². The molecule has 1 fully saturated rings. The van der Waals surface area contributed by atoms with E-state index < -0.39 is 28.5 Å². The van der Waals surface area contributed by atoms with Gasteiger partial charge in [-0.2, -0.15) is 0 Å². The molecule has 0 aromatic heterocycles. The Morgan fingerprint density at radius 2 is 1.54 bits per heavy atom. The Labute approximate surface area is 252 Å². The molecule has 0 heterocycles. The lowest BCUT2D eigenvalue weighted by Gasteiger charge is -2.34. The third kappa shape index (κ3) is 7.23. The van der Waals surface area contributed by atoms with E-state index in [0.29, 0.717) is 33.3 Å². The van der Waals surface area contributed by atoms with Gasteiger partial charge in [0.2, 0.25) is 11.8 Å². The summed E-state index contributed by atoms with van der Waals surface area (Å²) in [6.45, 7) is 3.05. The van der Waals surface area contributed by atoms with Crippen LogP contribution in [-0.4, -0.2) is 43.8 Å². The highest BCUT2D eigenvalue weighted by atomic mass is 35.5. The average Bonchev–Trinajstić information content (AvgIpc) is 3.47. The van der Waals surface area contributed by atoms with E-state index >= 15 is 0 Å². The first-order chi connectivity index (χ1) is 19.6. The van der Waals surface area contributed by atoms with Gasteiger partial charge in [-0.25, -0.2) is 8.42 Å². The molecule has 10 heteroatoms. The second kappa shape index (κ2) is 13.7. The summed E-state index contributed by atoms with van der Waals surface area (Å²) in [7, 11) is -4.13. The summed E-state index contributed by atoms with van der Waals surface area (Å²) in [5.74, 6) is -0.818.